The van der Waals surface area contributed by atoms with Gasteiger partial charge in [-0.2, -0.15) is 0 Å². The van der Waals surface area contributed by atoms with Gasteiger partial charge in [0.1, 0.15) is 0 Å². The summed E-state index contributed by atoms with van der Waals surface area (Å²) in [5, 5.41) is 0. The van der Waals surface area contributed by atoms with E-state index < -0.39 is 0 Å². The van der Waals surface area contributed by atoms with Gasteiger partial charge in [0.15, 0.2) is 0 Å². The molecule has 1 aliphatic rings. The van der Waals surface area contributed by atoms with Gasteiger partial charge in [-0.05, 0) is 42.7 Å². The summed E-state index contributed by atoms with van der Waals surface area (Å²) in [6.45, 7) is 0. The summed E-state index contributed by atoms with van der Waals surface area (Å²) in [7, 11) is 0. The molecular weight excluding hydrogens is 212 g/mol. The topological polar surface area (TPSA) is 0 Å². The minimum atomic E-state index is 1.01. The van der Waals surface area contributed by atoms with Gasteiger partial charge < -0.3 is 0 Å². The van der Waals surface area contributed by atoms with Gasteiger partial charge in [0, 0.05) is 4.90 Å². The molecule has 16 heavy (non-hydrogen) atoms. The van der Waals surface area contributed by atoms with Crippen LogP contribution in [-0.2, 0) is 6.42 Å². The lowest BCUT2D eigenvalue weighted by atomic mass is 9.85. The monoisotopic (exact) mass is 234 g/mol. The summed E-state index contributed by atoms with van der Waals surface area (Å²) in [6, 6.07) is 9.10. The van der Waals surface area contributed by atoms with E-state index in [2.05, 4.69) is 30.5 Å². The van der Waals surface area contributed by atoms with Crippen LogP contribution in [0.25, 0.3) is 0 Å². The van der Waals surface area contributed by atoms with Crippen molar-refractivity contribution in [2.75, 3.05) is 6.26 Å². The second-order valence-electron chi connectivity index (χ2n) is 4.89. The smallest absolute Gasteiger partial charge is 0.00693 e. The van der Waals surface area contributed by atoms with Crippen molar-refractivity contribution in [3.63, 3.8) is 0 Å². The van der Waals surface area contributed by atoms with Crippen LogP contribution in [0.1, 0.15) is 44.1 Å². The van der Waals surface area contributed by atoms with E-state index in [1.54, 1.807) is 0 Å². The normalized spacial score (nSPS) is 17.6. The van der Waals surface area contributed by atoms with Crippen LogP contribution in [0.2, 0.25) is 0 Å². The molecule has 0 radical (unpaired) electrons. The molecule has 0 spiro atoms. The average Bonchev–Trinajstić information content (AvgIpc) is 2.38. The van der Waals surface area contributed by atoms with E-state index in [9.17, 15) is 0 Å². The number of aryl methyl sites for hydroxylation is 1. The van der Waals surface area contributed by atoms with Gasteiger partial charge >= 0.3 is 0 Å². The van der Waals surface area contributed by atoms with Crippen molar-refractivity contribution in [3.05, 3.63) is 29.8 Å². The maximum Gasteiger partial charge on any atom is 0.00693 e. The molecule has 0 aliphatic heterocycles. The molecule has 1 aromatic rings. The molecule has 1 aliphatic carbocycles. The van der Waals surface area contributed by atoms with Crippen LogP contribution in [0.5, 0.6) is 0 Å². The third kappa shape index (κ3) is 3.55. The molecular formula is C15H22S. The van der Waals surface area contributed by atoms with Gasteiger partial charge in [0.25, 0.3) is 0 Å². The summed E-state index contributed by atoms with van der Waals surface area (Å²) < 4.78 is 0. The van der Waals surface area contributed by atoms with Gasteiger partial charge in [0.05, 0.1) is 0 Å². The van der Waals surface area contributed by atoms with E-state index in [1.807, 2.05) is 11.8 Å². The van der Waals surface area contributed by atoms with Gasteiger partial charge in [-0.3, -0.25) is 0 Å². The van der Waals surface area contributed by atoms with E-state index in [4.69, 9.17) is 0 Å². The Kier molecular flexibility index (Phi) is 4.77. The minimum absolute atomic E-state index is 1.01. The second-order valence-corrected chi connectivity index (χ2v) is 5.77. The fourth-order valence-electron chi connectivity index (χ4n) is 2.64. The molecule has 88 valence electrons. The standard InChI is InChI=1S/C15H22S/c1-16-15-11-9-14(10-12-15)8-7-13-5-3-2-4-6-13/h9-13H,2-8H2,1H3. The van der Waals surface area contributed by atoms with Crippen LogP contribution in [0.15, 0.2) is 29.2 Å². The minimum Gasteiger partial charge on any atom is -0.130 e. The summed E-state index contributed by atoms with van der Waals surface area (Å²) in [6.07, 6.45) is 12.2. The zero-order valence-corrected chi connectivity index (χ0v) is 11.1. The molecule has 0 bridgehead atoms. The van der Waals surface area contributed by atoms with Crippen LogP contribution >= 0.6 is 11.8 Å². The van der Waals surface area contributed by atoms with E-state index in [-0.39, 0.29) is 0 Å². The predicted molar refractivity (Wildman–Crippen MR) is 73.1 cm³/mol. The highest BCUT2D eigenvalue weighted by atomic mass is 32.2. The highest BCUT2D eigenvalue weighted by molar-refractivity contribution is 7.98. The highest BCUT2D eigenvalue weighted by Gasteiger charge is 2.12. The zero-order chi connectivity index (χ0) is 11.2. The first-order valence-corrected chi connectivity index (χ1v) is 7.74. The predicted octanol–water partition coefficient (Wildman–Crippen LogP) is 4.92. The Morgan fingerprint density at radius 1 is 1.06 bits per heavy atom. The second kappa shape index (κ2) is 6.34. The molecule has 1 saturated carbocycles. The third-order valence-electron chi connectivity index (χ3n) is 3.73. The lowest BCUT2D eigenvalue weighted by molar-refractivity contribution is 0.339. The Bertz CT molecular complexity index is 296. The van der Waals surface area contributed by atoms with Gasteiger partial charge in [-0.25, -0.2) is 0 Å². The van der Waals surface area contributed by atoms with Crippen molar-refractivity contribution in [2.45, 2.75) is 49.8 Å². The lowest BCUT2D eigenvalue weighted by Crippen LogP contribution is -2.07. The first kappa shape index (κ1) is 12.0. The van der Waals surface area contributed by atoms with Crippen molar-refractivity contribution in [2.24, 2.45) is 5.92 Å². The van der Waals surface area contributed by atoms with Crippen molar-refractivity contribution in [1.29, 1.82) is 0 Å². The van der Waals surface area contributed by atoms with Crippen LogP contribution in [0.4, 0.5) is 0 Å². The maximum atomic E-state index is 2.30. The number of thioether (sulfide) groups is 1. The van der Waals surface area contributed by atoms with E-state index in [0.717, 1.165) is 5.92 Å². The highest BCUT2D eigenvalue weighted by Crippen LogP contribution is 2.27. The molecule has 0 aromatic heterocycles. The Labute approximate surface area is 104 Å². The molecule has 0 heterocycles. The van der Waals surface area contributed by atoms with Crippen LogP contribution in [0.3, 0.4) is 0 Å². The molecule has 1 heteroatoms. The zero-order valence-electron chi connectivity index (χ0n) is 10.2. The Morgan fingerprint density at radius 3 is 2.38 bits per heavy atom. The number of hydrogen-bond acceptors (Lipinski definition) is 1. The van der Waals surface area contributed by atoms with Crippen molar-refractivity contribution in [3.8, 4) is 0 Å². The number of hydrogen-bond donors (Lipinski definition) is 0. The van der Waals surface area contributed by atoms with Gasteiger partial charge in [0.2, 0.25) is 0 Å². The fourth-order valence-corrected chi connectivity index (χ4v) is 3.05. The summed E-state index contributed by atoms with van der Waals surface area (Å²) in [4.78, 5) is 1.38. The summed E-state index contributed by atoms with van der Waals surface area (Å²) >= 11 is 1.82. The van der Waals surface area contributed by atoms with Crippen molar-refractivity contribution >= 4 is 11.8 Å². The Hall–Kier alpha value is -0.430. The van der Waals surface area contributed by atoms with Gasteiger partial charge in [-0.1, -0.05) is 44.2 Å². The third-order valence-corrected chi connectivity index (χ3v) is 4.47. The number of benzene rings is 1. The maximum absolute atomic E-state index is 2.30. The van der Waals surface area contributed by atoms with E-state index in [0.29, 0.717) is 0 Å². The molecule has 0 amide bonds. The molecule has 0 unspecified atom stereocenters. The summed E-state index contributed by atoms with van der Waals surface area (Å²) in [5.41, 5.74) is 1.52. The molecule has 0 saturated heterocycles. The van der Waals surface area contributed by atoms with Crippen molar-refractivity contribution in [1.82, 2.24) is 0 Å². The molecule has 2 rings (SSSR count). The molecule has 1 aromatic carbocycles. The molecule has 0 nitrogen and oxygen atoms in total. The quantitative estimate of drug-likeness (QED) is 0.666. The fraction of sp³-hybridized carbons (Fsp3) is 0.600. The van der Waals surface area contributed by atoms with E-state index in [1.165, 1.54) is 55.4 Å². The first-order chi connectivity index (χ1) is 7.88. The Morgan fingerprint density at radius 2 is 1.75 bits per heavy atom. The van der Waals surface area contributed by atoms with Crippen molar-refractivity contribution < 1.29 is 0 Å². The number of rotatable bonds is 4. The van der Waals surface area contributed by atoms with Crippen LogP contribution < -0.4 is 0 Å². The van der Waals surface area contributed by atoms with Crippen LogP contribution in [0, 0.1) is 5.92 Å². The first-order valence-electron chi connectivity index (χ1n) is 6.51. The molecule has 0 atom stereocenters. The largest absolute Gasteiger partial charge is 0.130 e. The Balaban J connectivity index is 1.79. The van der Waals surface area contributed by atoms with E-state index >= 15 is 0 Å². The van der Waals surface area contributed by atoms with Gasteiger partial charge in [-0.15, -0.1) is 11.8 Å². The lowest BCUT2D eigenvalue weighted by Gasteiger charge is -2.21. The SMILES string of the molecule is CSc1ccc(CCC2CCCCC2)cc1. The van der Waals surface area contributed by atoms with Crippen LogP contribution in [-0.4, -0.2) is 6.26 Å². The summed E-state index contributed by atoms with van der Waals surface area (Å²) in [5.74, 6) is 1.01. The molecule has 0 N–H and O–H groups in total. The molecule has 1 fully saturated rings. The average molecular weight is 234 g/mol.